The van der Waals surface area contributed by atoms with Crippen LogP contribution in [-0.4, -0.2) is 34.2 Å². The van der Waals surface area contributed by atoms with Crippen LogP contribution in [-0.2, 0) is 9.53 Å². The number of carbonyl (C=O) groups excluding carboxylic acids is 2. The molecule has 2 aromatic carbocycles. The van der Waals surface area contributed by atoms with E-state index in [0.29, 0.717) is 17.8 Å². The minimum absolute atomic E-state index is 0.00118. The Morgan fingerprint density at radius 3 is 2.45 bits per heavy atom. The summed E-state index contributed by atoms with van der Waals surface area (Å²) in [5.41, 5.74) is 0.197. The molecule has 0 amide bonds. The highest BCUT2D eigenvalue weighted by Crippen LogP contribution is 2.30. The predicted octanol–water partition coefficient (Wildman–Crippen LogP) is 4.90. The van der Waals surface area contributed by atoms with Crippen LogP contribution in [0.3, 0.4) is 0 Å². The summed E-state index contributed by atoms with van der Waals surface area (Å²) in [5.74, 6) is -3.52. The Balaban J connectivity index is 2.33. The molecule has 0 aliphatic heterocycles. The Hall–Kier alpha value is -2.94. The molecule has 0 aromatic heterocycles. The van der Waals surface area contributed by atoms with Gasteiger partial charge in [0, 0.05) is 17.4 Å². The highest BCUT2D eigenvalue weighted by atomic mass is 32.2. The molecule has 0 spiro atoms. The zero-order valence-electron chi connectivity index (χ0n) is 15.6. The summed E-state index contributed by atoms with van der Waals surface area (Å²) < 4.78 is 37.6. The number of carboxylic acids is 1. The van der Waals surface area contributed by atoms with Gasteiger partial charge in [-0.2, -0.15) is 0 Å². The first kappa shape index (κ1) is 22.4. The van der Waals surface area contributed by atoms with Gasteiger partial charge in [0.1, 0.15) is 22.9 Å². The molecule has 1 N–H and O–H groups in total. The number of esters is 1. The van der Waals surface area contributed by atoms with Crippen LogP contribution in [0.5, 0.6) is 5.75 Å². The first-order valence-corrected chi connectivity index (χ1v) is 9.52. The molecular weight excluding hydrogens is 406 g/mol. The maximum Gasteiger partial charge on any atom is 0.372 e. The van der Waals surface area contributed by atoms with Crippen LogP contribution in [0.1, 0.15) is 30.6 Å². The van der Waals surface area contributed by atoms with E-state index in [1.165, 1.54) is 24.3 Å². The highest BCUT2D eigenvalue weighted by Gasteiger charge is 2.20. The molecule has 0 bridgehead atoms. The molecule has 154 valence electrons. The zero-order valence-corrected chi connectivity index (χ0v) is 16.4. The monoisotopic (exact) mass is 424 g/mol. The number of carboxylic acid groups (broad SMARTS) is 1. The molecule has 0 fully saturated rings. The summed E-state index contributed by atoms with van der Waals surface area (Å²) >= 11 is 0.643. The lowest BCUT2D eigenvalue weighted by molar-refractivity contribution is -0.136. The maximum absolute atomic E-state index is 14.1. The average molecular weight is 424 g/mol. The Morgan fingerprint density at radius 1 is 1.10 bits per heavy atom. The summed E-state index contributed by atoms with van der Waals surface area (Å²) in [6, 6.07) is 7.01. The fourth-order valence-electron chi connectivity index (χ4n) is 2.29. The van der Waals surface area contributed by atoms with Crippen LogP contribution < -0.4 is 4.74 Å². The molecule has 6 nitrogen and oxygen atoms in total. The van der Waals surface area contributed by atoms with E-state index >= 15 is 0 Å². The van der Waals surface area contributed by atoms with Gasteiger partial charge in [-0.1, -0.05) is 6.07 Å². The van der Waals surface area contributed by atoms with Gasteiger partial charge in [0.2, 0.25) is 0 Å². The molecule has 2 aromatic rings. The SMILES string of the molecule is CC(C)OC(=O)c1cc(-c2ccc(F)cc2F)ccc1OC(=O)SCCC(=O)O. The van der Waals surface area contributed by atoms with Gasteiger partial charge >= 0.3 is 17.2 Å². The van der Waals surface area contributed by atoms with E-state index in [1.807, 2.05) is 0 Å². The van der Waals surface area contributed by atoms with E-state index < -0.39 is 35.0 Å². The maximum atomic E-state index is 14.1. The molecule has 0 aliphatic rings. The van der Waals surface area contributed by atoms with Crippen LogP contribution in [0.2, 0.25) is 0 Å². The quantitative estimate of drug-likeness (QED) is 0.632. The van der Waals surface area contributed by atoms with Crippen LogP contribution >= 0.6 is 11.8 Å². The highest BCUT2D eigenvalue weighted by molar-refractivity contribution is 8.13. The summed E-state index contributed by atoms with van der Waals surface area (Å²) in [6.45, 7) is 3.27. The molecule has 0 saturated carbocycles. The molecule has 0 aliphatic carbocycles. The summed E-state index contributed by atoms with van der Waals surface area (Å²) in [5, 5.41) is 7.81. The minimum Gasteiger partial charge on any atom is -0.481 e. The van der Waals surface area contributed by atoms with Crippen molar-refractivity contribution in [1.82, 2.24) is 0 Å². The number of rotatable bonds is 7. The third kappa shape index (κ3) is 6.56. The topological polar surface area (TPSA) is 89.9 Å². The molecular formula is C20H18F2O6S. The molecule has 2 rings (SSSR count). The number of aliphatic carboxylic acids is 1. The Labute approximate surface area is 169 Å². The van der Waals surface area contributed by atoms with Gasteiger partial charge in [0.15, 0.2) is 0 Å². The molecule has 0 atom stereocenters. The molecule has 0 saturated heterocycles. The second kappa shape index (κ2) is 10.0. The van der Waals surface area contributed by atoms with E-state index in [0.717, 1.165) is 6.07 Å². The van der Waals surface area contributed by atoms with E-state index in [4.69, 9.17) is 14.6 Å². The third-order valence-electron chi connectivity index (χ3n) is 3.51. The van der Waals surface area contributed by atoms with Crippen molar-refractivity contribution in [3.05, 3.63) is 53.6 Å². The summed E-state index contributed by atoms with van der Waals surface area (Å²) in [4.78, 5) is 34.9. The summed E-state index contributed by atoms with van der Waals surface area (Å²) in [7, 11) is 0. The van der Waals surface area contributed by atoms with Crippen molar-refractivity contribution in [3.63, 3.8) is 0 Å². The van der Waals surface area contributed by atoms with Crippen molar-refractivity contribution in [2.75, 3.05) is 5.75 Å². The van der Waals surface area contributed by atoms with Crippen LogP contribution in [0, 0.1) is 11.6 Å². The smallest absolute Gasteiger partial charge is 0.372 e. The summed E-state index contributed by atoms with van der Waals surface area (Å²) in [6.07, 6.45) is -0.688. The Morgan fingerprint density at radius 2 is 1.83 bits per heavy atom. The lowest BCUT2D eigenvalue weighted by Gasteiger charge is -2.13. The van der Waals surface area contributed by atoms with Crippen LogP contribution in [0.25, 0.3) is 11.1 Å². The van der Waals surface area contributed by atoms with Crippen molar-refractivity contribution in [1.29, 1.82) is 0 Å². The molecule has 0 radical (unpaired) electrons. The van der Waals surface area contributed by atoms with Gasteiger partial charge in [-0.15, -0.1) is 0 Å². The normalized spacial score (nSPS) is 10.7. The number of halogens is 2. The number of thioether (sulfide) groups is 1. The van der Waals surface area contributed by atoms with E-state index in [1.54, 1.807) is 13.8 Å². The molecule has 29 heavy (non-hydrogen) atoms. The predicted molar refractivity (Wildman–Crippen MR) is 103 cm³/mol. The van der Waals surface area contributed by atoms with E-state index in [2.05, 4.69) is 0 Å². The molecule has 0 heterocycles. The number of ether oxygens (including phenoxy) is 2. The lowest BCUT2D eigenvalue weighted by Crippen LogP contribution is -2.14. The second-order valence-electron chi connectivity index (χ2n) is 6.13. The first-order chi connectivity index (χ1) is 13.7. The van der Waals surface area contributed by atoms with Crippen molar-refractivity contribution in [3.8, 4) is 16.9 Å². The largest absolute Gasteiger partial charge is 0.481 e. The first-order valence-electron chi connectivity index (χ1n) is 8.54. The zero-order chi connectivity index (χ0) is 21.6. The number of hydrogen-bond donors (Lipinski definition) is 1. The van der Waals surface area contributed by atoms with E-state index in [9.17, 15) is 23.2 Å². The van der Waals surface area contributed by atoms with Gasteiger partial charge in [-0.25, -0.2) is 18.4 Å². The average Bonchev–Trinajstić information content (AvgIpc) is 2.61. The fraction of sp³-hybridized carbons (Fsp3) is 0.250. The van der Waals surface area contributed by atoms with E-state index in [-0.39, 0.29) is 34.6 Å². The minimum atomic E-state index is -1.06. The number of hydrogen-bond acceptors (Lipinski definition) is 6. The van der Waals surface area contributed by atoms with Gasteiger partial charge in [-0.3, -0.25) is 4.79 Å². The van der Waals surface area contributed by atoms with Crippen LogP contribution in [0.15, 0.2) is 36.4 Å². The van der Waals surface area contributed by atoms with Crippen molar-refractivity contribution < 1.29 is 37.7 Å². The van der Waals surface area contributed by atoms with Crippen molar-refractivity contribution >= 4 is 29.0 Å². The Bertz CT molecular complexity index is 929. The number of carbonyl (C=O) groups is 3. The molecule has 9 heteroatoms. The van der Waals surface area contributed by atoms with Gasteiger partial charge < -0.3 is 14.6 Å². The van der Waals surface area contributed by atoms with Gasteiger partial charge in [0.25, 0.3) is 0 Å². The lowest BCUT2D eigenvalue weighted by atomic mass is 10.0. The molecule has 0 unspecified atom stereocenters. The standard InChI is InChI=1S/C20H18F2O6S/c1-11(2)27-19(25)15-9-12(14-5-4-13(21)10-16(14)22)3-6-17(15)28-20(26)29-8-7-18(23)24/h3-6,9-11H,7-8H2,1-2H3,(H,23,24). The van der Waals surface area contributed by atoms with Crippen LogP contribution in [0.4, 0.5) is 13.6 Å². The van der Waals surface area contributed by atoms with Crippen molar-refractivity contribution in [2.24, 2.45) is 0 Å². The number of benzene rings is 2. The van der Waals surface area contributed by atoms with Crippen molar-refractivity contribution in [2.45, 2.75) is 26.4 Å². The Kier molecular flexibility index (Phi) is 7.72. The van der Waals surface area contributed by atoms with Gasteiger partial charge in [0.05, 0.1) is 12.5 Å². The fourth-order valence-corrected chi connectivity index (χ4v) is 2.88. The van der Waals surface area contributed by atoms with Gasteiger partial charge in [-0.05, 0) is 55.4 Å². The second-order valence-corrected chi connectivity index (χ2v) is 7.16. The third-order valence-corrected chi connectivity index (χ3v) is 4.24.